The van der Waals surface area contributed by atoms with Gasteiger partial charge in [0.1, 0.15) is 5.82 Å². The second kappa shape index (κ2) is 6.04. The molecule has 0 spiro atoms. The van der Waals surface area contributed by atoms with Gasteiger partial charge in [0.2, 0.25) is 0 Å². The Hall–Kier alpha value is -0.900. The van der Waals surface area contributed by atoms with E-state index >= 15 is 0 Å². The highest BCUT2D eigenvalue weighted by atomic mass is 79.9. The summed E-state index contributed by atoms with van der Waals surface area (Å²) >= 11 is 9.14. The third kappa shape index (κ3) is 3.35. The molecule has 1 N–H and O–H groups in total. The van der Waals surface area contributed by atoms with E-state index in [0.29, 0.717) is 15.9 Å². The van der Waals surface area contributed by atoms with Gasteiger partial charge in [0.15, 0.2) is 0 Å². The molecule has 0 saturated carbocycles. The number of aliphatic hydroxyl groups excluding tert-OH is 1. The van der Waals surface area contributed by atoms with Gasteiger partial charge >= 0.3 is 0 Å². The fraction of sp³-hybridized carbons (Fsp3) is 0.200. The maximum Gasteiger partial charge on any atom is 0.137 e. The first-order valence-electron chi connectivity index (χ1n) is 5.86. The minimum atomic E-state index is -0.711. The summed E-state index contributed by atoms with van der Waals surface area (Å²) in [5.41, 5.74) is 2.46. The zero-order valence-electron chi connectivity index (χ0n) is 10.3. The van der Waals surface area contributed by atoms with E-state index < -0.39 is 6.10 Å². The number of halogens is 3. The summed E-state index contributed by atoms with van der Waals surface area (Å²) in [6, 6.07) is 10.2. The molecule has 0 heterocycles. The monoisotopic (exact) mass is 342 g/mol. The van der Waals surface area contributed by atoms with Crippen molar-refractivity contribution in [1.82, 2.24) is 0 Å². The Balaban J connectivity index is 2.28. The number of benzene rings is 2. The normalized spacial score (nSPS) is 12.5. The Kier molecular flexibility index (Phi) is 4.61. The Morgan fingerprint density at radius 2 is 2.05 bits per heavy atom. The average Bonchev–Trinajstić information content (AvgIpc) is 2.38. The maximum atomic E-state index is 13.4. The first-order valence-corrected chi connectivity index (χ1v) is 7.03. The molecular weight excluding hydrogens is 331 g/mol. The predicted molar refractivity (Wildman–Crippen MR) is 79.0 cm³/mol. The van der Waals surface area contributed by atoms with E-state index in [1.165, 1.54) is 6.07 Å². The standard InChI is InChI=1S/C15H13BrClFO/c1-9-5-6-11(17)8-12(9)14(19)7-10-3-2-4-13(18)15(10)16/h2-6,8,14,19H,7H2,1H3. The van der Waals surface area contributed by atoms with E-state index in [1.54, 1.807) is 24.3 Å². The number of aliphatic hydroxyl groups is 1. The van der Waals surface area contributed by atoms with Gasteiger partial charge in [-0.2, -0.15) is 0 Å². The van der Waals surface area contributed by atoms with Crippen LogP contribution in [0.15, 0.2) is 40.9 Å². The maximum absolute atomic E-state index is 13.4. The molecule has 2 aromatic carbocycles. The van der Waals surface area contributed by atoms with Crippen LogP contribution in [0.5, 0.6) is 0 Å². The molecule has 4 heteroatoms. The van der Waals surface area contributed by atoms with E-state index in [1.807, 2.05) is 13.0 Å². The van der Waals surface area contributed by atoms with E-state index in [4.69, 9.17) is 11.6 Å². The van der Waals surface area contributed by atoms with E-state index in [2.05, 4.69) is 15.9 Å². The van der Waals surface area contributed by atoms with Gasteiger partial charge in [-0.3, -0.25) is 0 Å². The van der Waals surface area contributed by atoms with Crippen molar-refractivity contribution in [2.75, 3.05) is 0 Å². The van der Waals surface area contributed by atoms with Crippen molar-refractivity contribution in [2.24, 2.45) is 0 Å². The number of hydrogen-bond acceptors (Lipinski definition) is 1. The van der Waals surface area contributed by atoms with Crippen LogP contribution in [0.2, 0.25) is 5.02 Å². The van der Waals surface area contributed by atoms with Crippen molar-refractivity contribution in [2.45, 2.75) is 19.4 Å². The van der Waals surface area contributed by atoms with Gasteiger partial charge in [0, 0.05) is 11.4 Å². The van der Waals surface area contributed by atoms with Gasteiger partial charge in [-0.05, 0) is 57.7 Å². The predicted octanol–water partition coefficient (Wildman–Crippen LogP) is 4.83. The summed E-state index contributed by atoms with van der Waals surface area (Å²) in [6.07, 6.45) is -0.378. The van der Waals surface area contributed by atoms with Crippen LogP contribution in [0.25, 0.3) is 0 Å². The number of hydrogen-bond donors (Lipinski definition) is 1. The molecule has 0 amide bonds. The van der Waals surface area contributed by atoms with Gasteiger partial charge in [0.25, 0.3) is 0 Å². The molecule has 100 valence electrons. The van der Waals surface area contributed by atoms with Gasteiger partial charge < -0.3 is 5.11 Å². The summed E-state index contributed by atoms with van der Waals surface area (Å²) in [6.45, 7) is 1.91. The van der Waals surface area contributed by atoms with Crippen molar-refractivity contribution < 1.29 is 9.50 Å². The first kappa shape index (κ1) is 14.5. The molecule has 0 aromatic heterocycles. The molecule has 0 aliphatic carbocycles. The highest BCUT2D eigenvalue weighted by Crippen LogP contribution is 2.28. The van der Waals surface area contributed by atoms with E-state index in [0.717, 1.165) is 16.7 Å². The van der Waals surface area contributed by atoms with Gasteiger partial charge in [0.05, 0.1) is 10.6 Å². The smallest absolute Gasteiger partial charge is 0.137 e. The SMILES string of the molecule is Cc1ccc(Cl)cc1C(O)Cc1cccc(F)c1Br. The minimum Gasteiger partial charge on any atom is -0.388 e. The third-order valence-electron chi connectivity index (χ3n) is 3.05. The Bertz CT molecular complexity index is 601. The zero-order valence-corrected chi connectivity index (χ0v) is 12.7. The van der Waals surface area contributed by atoms with E-state index in [9.17, 15) is 9.50 Å². The van der Waals surface area contributed by atoms with E-state index in [-0.39, 0.29) is 5.82 Å². The van der Waals surface area contributed by atoms with Crippen molar-refractivity contribution in [3.05, 3.63) is 68.4 Å². The van der Waals surface area contributed by atoms with Crippen LogP contribution in [0, 0.1) is 12.7 Å². The van der Waals surface area contributed by atoms with Crippen LogP contribution < -0.4 is 0 Å². The molecule has 0 fully saturated rings. The number of aryl methyl sites for hydroxylation is 1. The first-order chi connectivity index (χ1) is 8.99. The topological polar surface area (TPSA) is 20.2 Å². The molecule has 2 aromatic rings. The van der Waals surface area contributed by atoms with Crippen LogP contribution in [0.3, 0.4) is 0 Å². The molecule has 0 aliphatic heterocycles. The molecule has 19 heavy (non-hydrogen) atoms. The second-order valence-corrected chi connectivity index (χ2v) is 5.66. The largest absolute Gasteiger partial charge is 0.388 e. The lowest BCUT2D eigenvalue weighted by molar-refractivity contribution is 0.177. The van der Waals surface area contributed by atoms with Crippen LogP contribution in [-0.4, -0.2) is 5.11 Å². The van der Waals surface area contributed by atoms with Gasteiger partial charge in [-0.15, -0.1) is 0 Å². The molecule has 0 radical (unpaired) electrons. The lowest BCUT2D eigenvalue weighted by Crippen LogP contribution is -2.05. The molecule has 1 atom stereocenters. The van der Waals surface area contributed by atoms with Crippen molar-refractivity contribution in [1.29, 1.82) is 0 Å². The lowest BCUT2D eigenvalue weighted by Gasteiger charge is -2.15. The Morgan fingerprint density at radius 3 is 2.79 bits per heavy atom. The third-order valence-corrected chi connectivity index (χ3v) is 4.17. The molecule has 0 saturated heterocycles. The molecule has 2 rings (SSSR count). The molecule has 1 nitrogen and oxygen atoms in total. The Labute approximate surface area is 125 Å². The Morgan fingerprint density at radius 1 is 1.32 bits per heavy atom. The van der Waals surface area contributed by atoms with Gasteiger partial charge in [-0.25, -0.2) is 4.39 Å². The summed E-state index contributed by atoms with van der Waals surface area (Å²) in [5.74, 6) is -0.326. The fourth-order valence-electron chi connectivity index (χ4n) is 1.99. The highest BCUT2D eigenvalue weighted by Gasteiger charge is 2.14. The van der Waals surface area contributed by atoms with Crippen molar-refractivity contribution in [3.63, 3.8) is 0 Å². The summed E-state index contributed by atoms with van der Waals surface area (Å²) in [5, 5.41) is 10.9. The van der Waals surface area contributed by atoms with Gasteiger partial charge in [-0.1, -0.05) is 29.8 Å². The molecule has 1 unspecified atom stereocenters. The van der Waals surface area contributed by atoms with Crippen LogP contribution in [0.1, 0.15) is 22.8 Å². The van der Waals surface area contributed by atoms with Crippen LogP contribution in [0.4, 0.5) is 4.39 Å². The van der Waals surface area contributed by atoms with Crippen LogP contribution in [-0.2, 0) is 6.42 Å². The summed E-state index contributed by atoms with van der Waals surface area (Å²) in [7, 11) is 0. The highest BCUT2D eigenvalue weighted by molar-refractivity contribution is 9.10. The lowest BCUT2D eigenvalue weighted by atomic mass is 9.98. The quantitative estimate of drug-likeness (QED) is 0.846. The summed E-state index contributed by atoms with van der Waals surface area (Å²) in [4.78, 5) is 0. The summed E-state index contributed by atoms with van der Waals surface area (Å²) < 4.78 is 13.8. The molecular formula is C15H13BrClFO. The number of rotatable bonds is 3. The minimum absolute atomic E-state index is 0.326. The van der Waals surface area contributed by atoms with Crippen LogP contribution >= 0.6 is 27.5 Å². The fourth-order valence-corrected chi connectivity index (χ4v) is 2.60. The second-order valence-electron chi connectivity index (χ2n) is 4.43. The molecule has 0 aliphatic rings. The molecule has 0 bridgehead atoms. The zero-order chi connectivity index (χ0) is 14.0. The average molecular weight is 344 g/mol. The van der Waals surface area contributed by atoms with Crippen molar-refractivity contribution >= 4 is 27.5 Å². The van der Waals surface area contributed by atoms with Crippen molar-refractivity contribution in [3.8, 4) is 0 Å².